The van der Waals surface area contributed by atoms with Crippen LogP contribution in [0, 0.1) is 12.8 Å². The second kappa shape index (κ2) is 10.2. The van der Waals surface area contributed by atoms with E-state index in [1.54, 1.807) is 29.0 Å². The fourth-order valence-corrected chi connectivity index (χ4v) is 4.37. The van der Waals surface area contributed by atoms with Gasteiger partial charge in [0.2, 0.25) is 11.8 Å². The van der Waals surface area contributed by atoms with E-state index in [0.717, 1.165) is 11.8 Å². The summed E-state index contributed by atoms with van der Waals surface area (Å²) in [5, 5.41) is 0. The molecule has 3 rings (SSSR count). The molecule has 172 valence electrons. The minimum absolute atomic E-state index is 0.00594. The number of nitrogens with zero attached hydrogens (tertiary/aromatic N) is 2. The van der Waals surface area contributed by atoms with Crippen LogP contribution < -0.4 is 4.74 Å². The number of benzene rings is 2. The molecule has 0 spiro atoms. The molecular weight excluding hydrogens is 428 g/mol. The Morgan fingerprint density at radius 1 is 1.19 bits per heavy atom. The molecule has 0 saturated carbocycles. The molecule has 2 amide bonds. The molecule has 1 heterocycles. The van der Waals surface area contributed by atoms with Gasteiger partial charge >= 0.3 is 0 Å². The molecule has 7 nitrogen and oxygen atoms in total. The molecule has 8 heteroatoms. The average molecular weight is 459 g/mol. The molecule has 2 aromatic rings. The van der Waals surface area contributed by atoms with Crippen molar-refractivity contribution >= 4 is 21.7 Å². The first-order valence-corrected chi connectivity index (χ1v) is 12.5. The first-order valence-electron chi connectivity index (χ1n) is 10.6. The van der Waals surface area contributed by atoms with E-state index >= 15 is 0 Å². The highest BCUT2D eigenvalue weighted by Gasteiger charge is 2.35. The van der Waals surface area contributed by atoms with Crippen molar-refractivity contribution in [1.82, 2.24) is 9.80 Å². The number of rotatable bonds is 9. The highest BCUT2D eigenvalue weighted by molar-refractivity contribution is 7.90. The van der Waals surface area contributed by atoms with Crippen LogP contribution in [0.5, 0.6) is 5.75 Å². The zero-order valence-corrected chi connectivity index (χ0v) is 19.6. The van der Waals surface area contributed by atoms with Crippen molar-refractivity contribution < 1.29 is 22.7 Å². The Hall–Kier alpha value is -2.87. The zero-order chi connectivity index (χ0) is 23.3. The van der Waals surface area contributed by atoms with Crippen LogP contribution in [-0.4, -0.2) is 63.0 Å². The molecule has 1 aliphatic heterocycles. The topological polar surface area (TPSA) is 84.0 Å². The third kappa shape index (κ3) is 6.32. The van der Waals surface area contributed by atoms with Crippen LogP contribution in [0.2, 0.25) is 0 Å². The number of carbonyl (C=O) groups excluding carboxylic acids is 2. The molecular formula is C24H30N2O5S. The molecule has 0 bridgehead atoms. The summed E-state index contributed by atoms with van der Waals surface area (Å²) in [6, 6.07) is 14.4. The van der Waals surface area contributed by atoms with Crippen LogP contribution in [0.3, 0.4) is 0 Å². The highest BCUT2D eigenvalue weighted by Crippen LogP contribution is 2.22. The molecule has 1 atom stereocenters. The van der Waals surface area contributed by atoms with Crippen molar-refractivity contribution in [2.24, 2.45) is 5.92 Å². The molecule has 0 aliphatic carbocycles. The second-order valence-corrected chi connectivity index (χ2v) is 10.4. The van der Waals surface area contributed by atoms with Crippen molar-refractivity contribution in [2.45, 2.75) is 31.2 Å². The fourth-order valence-electron chi connectivity index (χ4n) is 3.71. The molecule has 1 aliphatic rings. The molecule has 1 saturated heterocycles. The Labute approximate surface area is 189 Å². The normalized spacial score (nSPS) is 16.3. The van der Waals surface area contributed by atoms with E-state index in [9.17, 15) is 18.0 Å². The summed E-state index contributed by atoms with van der Waals surface area (Å²) in [7, 11) is -1.55. The van der Waals surface area contributed by atoms with Gasteiger partial charge in [0.05, 0.1) is 17.4 Å². The molecule has 2 aromatic carbocycles. The van der Waals surface area contributed by atoms with Crippen molar-refractivity contribution in [3.8, 4) is 5.75 Å². The van der Waals surface area contributed by atoms with Gasteiger partial charge in [-0.2, -0.15) is 0 Å². The van der Waals surface area contributed by atoms with E-state index in [2.05, 4.69) is 0 Å². The van der Waals surface area contributed by atoms with E-state index in [4.69, 9.17) is 4.74 Å². The number of hydrogen-bond acceptors (Lipinski definition) is 5. The van der Waals surface area contributed by atoms with Gasteiger partial charge in [0.25, 0.3) is 0 Å². The molecule has 0 radical (unpaired) electrons. The van der Waals surface area contributed by atoms with Crippen molar-refractivity contribution in [2.75, 3.05) is 33.0 Å². The quantitative estimate of drug-likeness (QED) is 0.540. The van der Waals surface area contributed by atoms with E-state index < -0.39 is 9.84 Å². The lowest BCUT2D eigenvalue weighted by Gasteiger charge is -2.21. The number of carbonyl (C=O) groups is 2. The number of likely N-dealkylation sites (tertiary alicyclic amines) is 1. The van der Waals surface area contributed by atoms with Crippen molar-refractivity contribution in [1.29, 1.82) is 0 Å². The molecule has 0 aromatic heterocycles. The smallest absolute Gasteiger partial charge is 0.227 e. The third-order valence-electron chi connectivity index (χ3n) is 5.57. The maximum atomic E-state index is 12.8. The van der Waals surface area contributed by atoms with Crippen LogP contribution in [0.25, 0.3) is 0 Å². The summed E-state index contributed by atoms with van der Waals surface area (Å²) in [5.41, 5.74) is 2.23. The van der Waals surface area contributed by atoms with Crippen molar-refractivity contribution in [3.05, 3.63) is 59.7 Å². The van der Waals surface area contributed by atoms with Crippen LogP contribution in [-0.2, 0) is 26.0 Å². The van der Waals surface area contributed by atoms with E-state index in [1.165, 1.54) is 17.7 Å². The number of sulfone groups is 1. The Morgan fingerprint density at radius 2 is 1.91 bits per heavy atom. The van der Waals surface area contributed by atoms with Crippen LogP contribution in [0.1, 0.15) is 24.0 Å². The SMILES string of the molecule is Cc1ccc(CN2CC(C(=O)N(C)CCCOc3cccc(S(C)(=O)=O)c3)CC2=O)cc1. The Morgan fingerprint density at radius 3 is 2.59 bits per heavy atom. The van der Waals surface area contributed by atoms with Gasteiger partial charge in [0, 0.05) is 39.4 Å². The number of amides is 2. The number of aryl methyl sites for hydroxylation is 1. The Bertz CT molecular complexity index is 1070. The predicted molar refractivity (Wildman–Crippen MR) is 122 cm³/mol. The maximum Gasteiger partial charge on any atom is 0.227 e. The van der Waals surface area contributed by atoms with Gasteiger partial charge in [0.1, 0.15) is 5.75 Å². The standard InChI is InChI=1S/C24H30N2O5S/c1-18-8-10-19(11-9-18)16-26-17-20(14-23(26)27)24(28)25(2)12-5-13-31-21-6-4-7-22(15-21)32(3,29)30/h4,6-11,15,20H,5,12-14,16-17H2,1-3H3. The number of hydrogen-bond donors (Lipinski definition) is 0. The lowest BCUT2D eigenvalue weighted by molar-refractivity contribution is -0.134. The summed E-state index contributed by atoms with van der Waals surface area (Å²) >= 11 is 0. The van der Waals surface area contributed by atoms with Gasteiger partial charge in [-0.05, 0) is 37.1 Å². The zero-order valence-electron chi connectivity index (χ0n) is 18.8. The van der Waals surface area contributed by atoms with Gasteiger partial charge in [0.15, 0.2) is 9.84 Å². The van der Waals surface area contributed by atoms with E-state index in [-0.39, 0.29) is 29.0 Å². The third-order valence-corrected chi connectivity index (χ3v) is 6.68. The number of ether oxygens (including phenoxy) is 1. The minimum atomic E-state index is -3.29. The van der Waals surface area contributed by atoms with Gasteiger partial charge in [-0.25, -0.2) is 8.42 Å². The molecule has 1 unspecified atom stereocenters. The first-order chi connectivity index (χ1) is 15.1. The van der Waals surface area contributed by atoms with E-state index in [0.29, 0.717) is 38.4 Å². The fraction of sp³-hybridized carbons (Fsp3) is 0.417. The monoisotopic (exact) mass is 458 g/mol. The van der Waals surface area contributed by atoms with Crippen LogP contribution >= 0.6 is 0 Å². The lowest BCUT2D eigenvalue weighted by atomic mass is 10.1. The summed E-state index contributed by atoms with van der Waals surface area (Å²) < 4.78 is 28.9. The lowest BCUT2D eigenvalue weighted by Crippen LogP contribution is -2.35. The largest absolute Gasteiger partial charge is 0.493 e. The Balaban J connectivity index is 1.44. The summed E-state index contributed by atoms with van der Waals surface area (Å²) in [5.74, 6) is 0.121. The maximum absolute atomic E-state index is 12.8. The van der Waals surface area contributed by atoms with Gasteiger partial charge in [-0.3, -0.25) is 9.59 Å². The molecule has 32 heavy (non-hydrogen) atoms. The predicted octanol–water partition coefficient (Wildman–Crippen LogP) is 2.67. The minimum Gasteiger partial charge on any atom is -0.493 e. The molecule has 1 fully saturated rings. The Kier molecular flexibility index (Phi) is 7.56. The average Bonchev–Trinajstić information content (AvgIpc) is 3.12. The van der Waals surface area contributed by atoms with Gasteiger partial charge < -0.3 is 14.5 Å². The second-order valence-electron chi connectivity index (χ2n) is 8.37. The summed E-state index contributed by atoms with van der Waals surface area (Å²) in [6.45, 7) is 3.83. The van der Waals surface area contributed by atoms with Gasteiger partial charge in [-0.15, -0.1) is 0 Å². The highest BCUT2D eigenvalue weighted by atomic mass is 32.2. The van der Waals surface area contributed by atoms with Crippen LogP contribution in [0.15, 0.2) is 53.4 Å². The first kappa shape index (κ1) is 23.8. The van der Waals surface area contributed by atoms with Crippen molar-refractivity contribution in [3.63, 3.8) is 0 Å². The van der Waals surface area contributed by atoms with E-state index in [1.807, 2.05) is 31.2 Å². The van der Waals surface area contributed by atoms with Gasteiger partial charge in [-0.1, -0.05) is 35.9 Å². The van der Waals surface area contributed by atoms with Crippen LogP contribution in [0.4, 0.5) is 0 Å². The summed E-state index contributed by atoms with van der Waals surface area (Å²) in [4.78, 5) is 28.8. The summed E-state index contributed by atoms with van der Waals surface area (Å²) in [6.07, 6.45) is 1.99. The molecule has 0 N–H and O–H groups in total.